The van der Waals surface area contributed by atoms with Gasteiger partial charge < -0.3 is 20.1 Å². The molecule has 0 aliphatic heterocycles. The molecule has 0 bridgehead atoms. The van der Waals surface area contributed by atoms with Crippen molar-refractivity contribution in [3.05, 3.63) is 89.5 Å². The highest BCUT2D eigenvalue weighted by Crippen LogP contribution is 2.25. The highest BCUT2D eigenvalue weighted by atomic mass is 32.2. The summed E-state index contributed by atoms with van der Waals surface area (Å²) >= 11 is 1.29. The second kappa shape index (κ2) is 20.8. The molecular weight excluding hydrogens is 630 g/mol. The molecule has 48 heavy (non-hydrogen) atoms. The molecule has 0 unspecified atom stereocenters. The molecule has 258 valence electrons. The SMILES string of the molecule is CC.Cc1cc(NC(=O)Cc2ccc(OCCCC(=O)N[C@@H](Cc3ccccc3)C(=O)OC3CCCC3)cc2)ccc1SCC(=O)NO. The van der Waals surface area contributed by atoms with Crippen molar-refractivity contribution in [1.29, 1.82) is 0 Å². The van der Waals surface area contributed by atoms with E-state index in [4.69, 9.17) is 14.7 Å². The first-order chi connectivity index (χ1) is 23.3. The number of rotatable bonds is 16. The third-order valence-electron chi connectivity index (χ3n) is 7.53. The minimum Gasteiger partial charge on any atom is -0.494 e. The molecule has 1 saturated carbocycles. The maximum Gasteiger partial charge on any atom is 0.329 e. The topological polar surface area (TPSA) is 143 Å². The van der Waals surface area contributed by atoms with Crippen LogP contribution >= 0.6 is 11.8 Å². The third kappa shape index (κ3) is 13.4. The predicted octanol–water partition coefficient (Wildman–Crippen LogP) is 6.17. The van der Waals surface area contributed by atoms with Crippen molar-refractivity contribution < 1.29 is 33.9 Å². The number of hydrogen-bond donors (Lipinski definition) is 4. The van der Waals surface area contributed by atoms with Gasteiger partial charge in [-0.2, -0.15) is 0 Å². The van der Waals surface area contributed by atoms with Gasteiger partial charge in [0, 0.05) is 23.4 Å². The van der Waals surface area contributed by atoms with Crippen molar-refractivity contribution in [2.45, 2.75) is 89.2 Å². The second-order valence-electron chi connectivity index (χ2n) is 11.3. The zero-order valence-electron chi connectivity index (χ0n) is 28.0. The summed E-state index contributed by atoms with van der Waals surface area (Å²) in [6.07, 6.45) is 5.01. The van der Waals surface area contributed by atoms with Crippen LogP contribution in [0.4, 0.5) is 5.69 Å². The van der Waals surface area contributed by atoms with Crippen molar-refractivity contribution in [2.75, 3.05) is 17.7 Å². The average Bonchev–Trinajstić information content (AvgIpc) is 3.61. The van der Waals surface area contributed by atoms with Crippen LogP contribution in [0.3, 0.4) is 0 Å². The summed E-state index contributed by atoms with van der Waals surface area (Å²) in [7, 11) is 0. The van der Waals surface area contributed by atoms with Gasteiger partial charge in [-0.15, -0.1) is 11.8 Å². The van der Waals surface area contributed by atoms with E-state index in [0.29, 0.717) is 30.9 Å². The molecule has 3 aromatic carbocycles. The molecule has 1 aliphatic rings. The lowest BCUT2D eigenvalue weighted by molar-refractivity contribution is -0.152. The van der Waals surface area contributed by atoms with Crippen LogP contribution in [-0.2, 0) is 36.8 Å². The van der Waals surface area contributed by atoms with Gasteiger partial charge >= 0.3 is 5.97 Å². The normalized spacial score (nSPS) is 13.0. The number of benzene rings is 3. The van der Waals surface area contributed by atoms with Gasteiger partial charge in [0.25, 0.3) is 5.91 Å². The molecule has 10 nitrogen and oxygen atoms in total. The molecule has 3 amide bonds. The van der Waals surface area contributed by atoms with Crippen LogP contribution in [0.25, 0.3) is 0 Å². The Hall–Kier alpha value is -4.35. The van der Waals surface area contributed by atoms with E-state index < -0.39 is 11.9 Å². The molecule has 4 N–H and O–H groups in total. The molecular formula is C37H47N3O7S. The molecule has 1 fully saturated rings. The number of carbonyl (C=O) groups excluding carboxylic acids is 4. The number of ether oxygens (including phenoxy) is 2. The number of esters is 1. The molecule has 4 rings (SSSR count). The van der Waals surface area contributed by atoms with Gasteiger partial charge in [0.2, 0.25) is 11.8 Å². The Morgan fingerprint density at radius 1 is 0.896 bits per heavy atom. The Morgan fingerprint density at radius 3 is 2.27 bits per heavy atom. The lowest BCUT2D eigenvalue weighted by atomic mass is 10.1. The molecule has 0 heterocycles. The fourth-order valence-corrected chi connectivity index (χ4v) is 5.95. The summed E-state index contributed by atoms with van der Waals surface area (Å²) in [5.74, 6) is -0.549. The Kier molecular flexibility index (Phi) is 16.5. The van der Waals surface area contributed by atoms with Crippen molar-refractivity contribution >= 4 is 41.1 Å². The predicted molar refractivity (Wildman–Crippen MR) is 187 cm³/mol. The number of amides is 3. The van der Waals surface area contributed by atoms with Crippen LogP contribution < -0.4 is 20.9 Å². The summed E-state index contributed by atoms with van der Waals surface area (Å²) in [6.45, 7) is 6.21. The number of hydrogen-bond acceptors (Lipinski definition) is 8. The van der Waals surface area contributed by atoms with Crippen LogP contribution in [0, 0.1) is 6.92 Å². The zero-order valence-corrected chi connectivity index (χ0v) is 28.8. The third-order valence-corrected chi connectivity index (χ3v) is 8.71. The van der Waals surface area contributed by atoms with Gasteiger partial charge in [-0.25, -0.2) is 10.3 Å². The van der Waals surface area contributed by atoms with Gasteiger partial charge in [-0.1, -0.05) is 56.3 Å². The van der Waals surface area contributed by atoms with E-state index in [-0.39, 0.29) is 42.5 Å². The monoisotopic (exact) mass is 677 g/mol. The molecule has 3 aromatic rings. The van der Waals surface area contributed by atoms with Gasteiger partial charge in [-0.05, 0) is 86.1 Å². The van der Waals surface area contributed by atoms with Crippen LogP contribution in [0.5, 0.6) is 5.75 Å². The second-order valence-corrected chi connectivity index (χ2v) is 12.3. The fourth-order valence-electron chi connectivity index (χ4n) is 5.14. The number of thioether (sulfide) groups is 1. The quantitative estimate of drug-likeness (QED) is 0.0464. The molecule has 0 aromatic heterocycles. The van der Waals surface area contributed by atoms with Gasteiger partial charge in [0.1, 0.15) is 17.9 Å². The Morgan fingerprint density at radius 2 is 1.60 bits per heavy atom. The molecule has 0 radical (unpaired) electrons. The molecule has 0 saturated heterocycles. The largest absolute Gasteiger partial charge is 0.494 e. The first-order valence-corrected chi connectivity index (χ1v) is 17.5. The van der Waals surface area contributed by atoms with Crippen molar-refractivity contribution in [2.24, 2.45) is 0 Å². The summed E-state index contributed by atoms with van der Waals surface area (Å²) in [5, 5.41) is 14.4. The lowest BCUT2D eigenvalue weighted by Crippen LogP contribution is -2.44. The van der Waals surface area contributed by atoms with Crippen LogP contribution in [0.15, 0.2) is 77.7 Å². The Labute approximate surface area is 287 Å². The summed E-state index contributed by atoms with van der Waals surface area (Å²) in [6, 6.07) is 21.5. The number of nitrogens with one attached hydrogen (secondary N) is 3. The van der Waals surface area contributed by atoms with Gasteiger partial charge in [0.05, 0.1) is 18.8 Å². The first kappa shape index (κ1) is 38.1. The molecule has 0 spiro atoms. The zero-order chi connectivity index (χ0) is 34.7. The molecule has 11 heteroatoms. The van der Waals surface area contributed by atoms with Crippen LogP contribution in [0.2, 0.25) is 0 Å². The summed E-state index contributed by atoms with van der Waals surface area (Å²) in [4.78, 5) is 50.4. The van der Waals surface area contributed by atoms with Crippen molar-refractivity contribution in [1.82, 2.24) is 10.8 Å². The number of aryl methyl sites for hydroxylation is 1. The van der Waals surface area contributed by atoms with Crippen molar-refractivity contribution in [3.63, 3.8) is 0 Å². The fraction of sp³-hybridized carbons (Fsp3) is 0.405. The number of carbonyl (C=O) groups is 4. The number of hydroxylamine groups is 1. The molecule has 1 atom stereocenters. The van der Waals surface area contributed by atoms with Gasteiger partial charge in [-0.3, -0.25) is 19.6 Å². The van der Waals surface area contributed by atoms with Crippen LogP contribution in [-0.4, -0.2) is 53.4 Å². The smallest absolute Gasteiger partial charge is 0.329 e. The van der Waals surface area contributed by atoms with E-state index in [1.54, 1.807) is 23.7 Å². The maximum absolute atomic E-state index is 12.9. The minimum atomic E-state index is -0.740. The van der Waals surface area contributed by atoms with E-state index in [0.717, 1.165) is 47.3 Å². The van der Waals surface area contributed by atoms with E-state index >= 15 is 0 Å². The Bertz CT molecular complexity index is 1460. The summed E-state index contributed by atoms with van der Waals surface area (Å²) < 4.78 is 11.5. The van der Waals surface area contributed by atoms with E-state index in [1.165, 1.54) is 11.8 Å². The highest BCUT2D eigenvalue weighted by molar-refractivity contribution is 8.00. The first-order valence-electron chi connectivity index (χ1n) is 16.5. The summed E-state index contributed by atoms with van der Waals surface area (Å²) in [5.41, 5.74) is 4.93. The lowest BCUT2D eigenvalue weighted by Gasteiger charge is -2.20. The van der Waals surface area contributed by atoms with E-state index in [1.807, 2.05) is 75.4 Å². The standard InChI is InChI=1S/C35H41N3O7S.C2H6/c1-24-20-27(15-18-31(24)46-23-34(41)38-43)36-33(40)22-26-13-16-28(17-14-26)44-19-7-12-32(39)37-30(21-25-8-3-2-4-9-25)35(42)45-29-10-5-6-11-29;1-2/h2-4,8-9,13-18,20,29-30,43H,5-7,10-12,19,21-23H2,1H3,(H,36,40)(H,37,39)(H,38,41);1-2H3/t30-;/m0./s1. The minimum absolute atomic E-state index is 0.0700. The Balaban J connectivity index is 0.00000307. The number of anilines is 1. The van der Waals surface area contributed by atoms with E-state index in [2.05, 4.69) is 10.6 Å². The van der Waals surface area contributed by atoms with Gasteiger partial charge in [0.15, 0.2) is 0 Å². The highest BCUT2D eigenvalue weighted by Gasteiger charge is 2.27. The maximum atomic E-state index is 12.9. The van der Waals surface area contributed by atoms with Crippen molar-refractivity contribution in [3.8, 4) is 5.75 Å². The van der Waals surface area contributed by atoms with Crippen LogP contribution in [0.1, 0.15) is 69.1 Å². The molecule has 1 aliphatic carbocycles. The van der Waals surface area contributed by atoms with E-state index in [9.17, 15) is 19.2 Å². The average molecular weight is 678 g/mol.